The van der Waals surface area contributed by atoms with Crippen molar-refractivity contribution in [1.82, 2.24) is 10.3 Å². The van der Waals surface area contributed by atoms with Crippen LogP contribution in [0.4, 0.5) is 0 Å². The fourth-order valence-electron chi connectivity index (χ4n) is 2.81. The summed E-state index contributed by atoms with van der Waals surface area (Å²) in [4.78, 5) is 39.4. The molecule has 1 amide bonds. The Hall–Kier alpha value is -3.61. The Morgan fingerprint density at radius 3 is 2.56 bits per heavy atom. The minimum atomic E-state index is -1.21. The van der Waals surface area contributed by atoms with E-state index < -0.39 is 23.7 Å². The molecule has 0 unspecified atom stereocenters. The summed E-state index contributed by atoms with van der Waals surface area (Å²) in [5.74, 6) is -2.44. The van der Waals surface area contributed by atoms with Crippen LogP contribution in [0.3, 0.4) is 0 Å². The number of aromatic nitrogens is 1. The molecule has 0 spiro atoms. The van der Waals surface area contributed by atoms with Gasteiger partial charge in [0.05, 0.1) is 12.7 Å². The van der Waals surface area contributed by atoms with E-state index >= 15 is 0 Å². The fraction of sp³-hybridized carbons (Fsp3) is 0.150. The topological polar surface area (TPSA) is 108 Å². The van der Waals surface area contributed by atoms with Crippen LogP contribution in [-0.4, -0.2) is 40.9 Å². The van der Waals surface area contributed by atoms with Crippen LogP contribution in [0.15, 0.2) is 54.7 Å². The summed E-state index contributed by atoms with van der Waals surface area (Å²) in [5, 5.41) is 12.2. The lowest BCUT2D eigenvalue weighted by Gasteiger charge is -2.14. The molecule has 0 aliphatic rings. The molecule has 7 heteroatoms. The number of amides is 1. The number of H-pyrrole nitrogens is 1. The maximum atomic E-state index is 12.6. The Morgan fingerprint density at radius 1 is 1.15 bits per heavy atom. The number of methoxy groups -OCH3 is 1. The molecule has 3 rings (SSSR count). The van der Waals surface area contributed by atoms with Gasteiger partial charge in [0.15, 0.2) is 0 Å². The highest BCUT2D eigenvalue weighted by molar-refractivity contribution is 6.45. The molecule has 1 atom stereocenters. The third-order valence-corrected chi connectivity index (χ3v) is 4.23. The Kier molecular flexibility index (Phi) is 5.21. The molecule has 3 aromatic rings. The fourth-order valence-corrected chi connectivity index (χ4v) is 2.81. The van der Waals surface area contributed by atoms with E-state index in [1.807, 2.05) is 6.07 Å². The highest BCUT2D eigenvalue weighted by atomic mass is 16.5. The molecule has 7 nitrogen and oxygen atoms in total. The largest absolute Gasteiger partial charge is 0.497 e. The normalized spacial score (nSPS) is 11.7. The average Bonchev–Trinajstić information content (AvgIpc) is 3.10. The smallest absolute Gasteiger partial charge is 0.326 e. The van der Waals surface area contributed by atoms with Gasteiger partial charge in [-0.2, -0.15) is 0 Å². The molecule has 27 heavy (non-hydrogen) atoms. The number of aromatic amines is 1. The van der Waals surface area contributed by atoms with Gasteiger partial charge in [-0.05, 0) is 23.8 Å². The van der Waals surface area contributed by atoms with Crippen LogP contribution < -0.4 is 10.1 Å². The maximum Gasteiger partial charge on any atom is 0.326 e. The Morgan fingerprint density at radius 2 is 1.89 bits per heavy atom. The van der Waals surface area contributed by atoms with Crippen molar-refractivity contribution in [3.05, 3.63) is 65.9 Å². The molecule has 1 aromatic heterocycles. The van der Waals surface area contributed by atoms with Gasteiger partial charge >= 0.3 is 5.97 Å². The Labute approximate surface area is 155 Å². The number of rotatable bonds is 7. The summed E-state index contributed by atoms with van der Waals surface area (Å²) in [6.45, 7) is 0. The molecule has 0 bridgehead atoms. The van der Waals surface area contributed by atoms with E-state index in [4.69, 9.17) is 4.74 Å². The zero-order valence-corrected chi connectivity index (χ0v) is 14.6. The van der Waals surface area contributed by atoms with E-state index in [2.05, 4.69) is 10.3 Å². The first-order valence-corrected chi connectivity index (χ1v) is 8.26. The van der Waals surface area contributed by atoms with Gasteiger partial charge in [0.2, 0.25) is 0 Å². The van der Waals surface area contributed by atoms with Gasteiger partial charge in [0.25, 0.3) is 11.7 Å². The third-order valence-electron chi connectivity index (χ3n) is 4.23. The summed E-state index contributed by atoms with van der Waals surface area (Å²) in [7, 11) is 1.50. The van der Waals surface area contributed by atoms with Crippen molar-refractivity contribution in [1.29, 1.82) is 0 Å². The summed E-state index contributed by atoms with van der Waals surface area (Å²) in [6, 6.07) is 12.8. The summed E-state index contributed by atoms with van der Waals surface area (Å²) in [5.41, 5.74) is 1.57. The Balaban J connectivity index is 1.80. The molecule has 0 fully saturated rings. The highest BCUT2D eigenvalue weighted by Gasteiger charge is 2.26. The number of carbonyl (C=O) groups excluding carboxylic acids is 2. The van der Waals surface area contributed by atoms with E-state index in [0.717, 1.165) is 5.56 Å². The number of aliphatic carboxylic acids is 1. The predicted octanol–water partition coefficient (Wildman–Crippen LogP) is 2.17. The minimum Gasteiger partial charge on any atom is -0.497 e. The van der Waals surface area contributed by atoms with Crippen molar-refractivity contribution in [2.75, 3.05) is 7.11 Å². The summed E-state index contributed by atoms with van der Waals surface area (Å²) >= 11 is 0. The second-order valence-electron chi connectivity index (χ2n) is 6.00. The quantitative estimate of drug-likeness (QED) is 0.439. The maximum absolute atomic E-state index is 12.6. The van der Waals surface area contributed by atoms with Crippen molar-refractivity contribution in [2.24, 2.45) is 0 Å². The lowest BCUT2D eigenvalue weighted by atomic mass is 10.0. The van der Waals surface area contributed by atoms with Crippen LogP contribution in [0.2, 0.25) is 0 Å². The molecule has 0 saturated heterocycles. The number of ether oxygens (including phenoxy) is 1. The van der Waals surface area contributed by atoms with Crippen molar-refractivity contribution in [3.63, 3.8) is 0 Å². The van der Waals surface area contributed by atoms with Gasteiger partial charge in [-0.1, -0.05) is 30.3 Å². The monoisotopic (exact) mass is 366 g/mol. The lowest BCUT2D eigenvalue weighted by molar-refractivity contribution is -0.141. The van der Waals surface area contributed by atoms with Crippen LogP contribution in [0, 0.1) is 0 Å². The van der Waals surface area contributed by atoms with Gasteiger partial charge < -0.3 is 20.1 Å². The molecule has 0 radical (unpaired) electrons. The van der Waals surface area contributed by atoms with E-state index in [9.17, 15) is 19.5 Å². The molecule has 3 N–H and O–H groups in total. The number of carboxylic acids is 1. The SMILES string of the molecule is COc1ccc2[nH]cc(C(=O)C(=O)N[C@@H](Cc3ccccc3)C(=O)O)c2c1. The molecule has 0 aliphatic heterocycles. The van der Waals surface area contributed by atoms with Crippen LogP contribution in [0.1, 0.15) is 15.9 Å². The standard InChI is InChI=1S/C20H18N2O5/c1-27-13-7-8-16-14(10-13)15(11-21-16)18(23)19(24)22-17(20(25)26)9-12-5-3-2-4-6-12/h2-8,10-11,17,21H,9H2,1H3,(H,22,24)(H,25,26)/t17-/m0/s1. The van der Waals surface area contributed by atoms with Crippen molar-refractivity contribution < 1.29 is 24.2 Å². The van der Waals surface area contributed by atoms with E-state index in [0.29, 0.717) is 16.7 Å². The van der Waals surface area contributed by atoms with E-state index in [-0.39, 0.29) is 12.0 Å². The Bertz CT molecular complexity index is 994. The minimum absolute atomic E-state index is 0.0803. The number of Topliss-reactive ketones (excluding diaryl/α,β-unsaturated/α-hetero) is 1. The number of ketones is 1. The van der Waals surface area contributed by atoms with Crippen LogP contribution in [-0.2, 0) is 16.0 Å². The van der Waals surface area contributed by atoms with Gasteiger partial charge in [-0.15, -0.1) is 0 Å². The zero-order valence-electron chi connectivity index (χ0n) is 14.6. The number of carbonyl (C=O) groups is 3. The van der Waals surface area contributed by atoms with E-state index in [1.54, 1.807) is 42.5 Å². The van der Waals surface area contributed by atoms with Crippen molar-refractivity contribution >= 4 is 28.6 Å². The first kappa shape index (κ1) is 18.2. The molecular weight excluding hydrogens is 348 g/mol. The molecule has 2 aromatic carbocycles. The highest BCUT2D eigenvalue weighted by Crippen LogP contribution is 2.24. The second kappa shape index (κ2) is 7.74. The zero-order chi connectivity index (χ0) is 19.4. The van der Waals surface area contributed by atoms with Crippen LogP contribution in [0.25, 0.3) is 10.9 Å². The van der Waals surface area contributed by atoms with Gasteiger partial charge in [-0.3, -0.25) is 9.59 Å². The van der Waals surface area contributed by atoms with Gasteiger partial charge in [-0.25, -0.2) is 4.79 Å². The van der Waals surface area contributed by atoms with E-state index in [1.165, 1.54) is 13.3 Å². The second-order valence-corrected chi connectivity index (χ2v) is 6.00. The van der Waals surface area contributed by atoms with Crippen LogP contribution in [0.5, 0.6) is 5.75 Å². The third kappa shape index (κ3) is 3.98. The first-order valence-electron chi connectivity index (χ1n) is 8.26. The number of fused-ring (bicyclic) bond motifs is 1. The molecular formula is C20H18N2O5. The predicted molar refractivity (Wildman–Crippen MR) is 98.9 cm³/mol. The lowest BCUT2D eigenvalue weighted by Crippen LogP contribution is -2.45. The molecule has 138 valence electrons. The first-order chi connectivity index (χ1) is 13.0. The molecule has 1 heterocycles. The van der Waals surface area contributed by atoms with Crippen molar-refractivity contribution in [3.8, 4) is 5.75 Å². The summed E-state index contributed by atoms with van der Waals surface area (Å²) < 4.78 is 5.15. The number of hydrogen-bond donors (Lipinski definition) is 3. The number of hydrogen-bond acceptors (Lipinski definition) is 4. The van der Waals surface area contributed by atoms with Gasteiger partial charge in [0, 0.05) is 23.5 Å². The number of nitrogens with one attached hydrogen (secondary N) is 2. The number of benzene rings is 2. The molecule has 0 saturated carbocycles. The summed E-state index contributed by atoms with van der Waals surface area (Å²) in [6.07, 6.45) is 1.51. The number of carboxylic acid groups (broad SMARTS) is 1. The van der Waals surface area contributed by atoms with Crippen LogP contribution >= 0.6 is 0 Å². The average molecular weight is 366 g/mol. The van der Waals surface area contributed by atoms with Crippen molar-refractivity contribution in [2.45, 2.75) is 12.5 Å². The van der Waals surface area contributed by atoms with Gasteiger partial charge in [0.1, 0.15) is 11.8 Å². The molecule has 0 aliphatic carbocycles.